The standard InChI is InChI=1S/C31H27ClN2O7S/c1-19-7-14-23(15-8-19)42(39,40)41-22-12-10-21(11-13-22)28(35)18-33(29(36)25-5-3-4-6-27(25)32)34-30(37)24-16-9-20(2)17-26(24)31(34)38/h3-15,24,26H,16-18H2,1-2H3/t24-,26+/m1/s1. The molecule has 0 saturated carbocycles. The van der Waals surface area contributed by atoms with Crippen molar-refractivity contribution in [2.45, 2.75) is 31.6 Å². The topological polar surface area (TPSA) is 118 Å². The molecule has 3 aromatic carbocycles. The van der Waals surface area contributed by atoms with Crippen LogP contribution < -0.4 is 4.18 Å². The molecule has 1 aliphatic carbocycles. The number of hydrazine groups is 1. The molecule has 0 spiro atoms. The number of carbonyl (C=O) groups is 4. The Morgan fingerprint density at radius 3 is 2.24 bits per heavy atom. The highest BCUT2D eigenvalue weighted by molar-refractivity contribution is 7.87. The number of Topliss-reactive ketones (excluding diaryl/α,β-unsaturated/α-hetero) is 1. The van der Waals surface area contributed by atoms with E-state index in [0.29, 0.717) is 12.8 Å². The molecule has 1 fully saturated rings. The number of carbonyl (C=O) groups excluding carboxylic acids is 4. The zero-order chi connectivity index (χ0) is 30.2. The molecule has 0 unspecified atom stereocenters. The molecule has 11 heteroatoms. The molecule has 42 heavy (non-hydrogen) atoms. The Balaban J connectivity index is 1.40. The molecule has 2 aliphatic rings. The van der Waals surface area contributed by atoms with Gasteiger partial charge in [-0.25, -0.2) is 5.01 Å². The largest absolute Gasteiger partial charge is 0.379 e. The molecule has 0 N–H and O–H groups in total. The lowest BCUT2D eigenvalue weighted by Gasteiger charge is -2.30. The molecule has 2 atom stereocenters. The van der Waals surface area contributed by atoms with Crippen LogP contribution in [0.1, 0.15) is 46.0 Å². The zero-order valence-electron chi connectivity index (χ0n) is 22.8. The molecular formula is C31H27ClN2O7S. The predicted octanol–water partition coefficient (Wildman–Crippen LogP) is 5.00. The van der Waals surface area contributed by atoms with Crippen molar-refractivity contribution in [1.29, 1.82) is 0 Å². The number of rotatable bonds is 8. The van der Waals surface area contributed by atoms with E-state index in [1.807, 2.05) is 19.9 Å². The van der Waals surface area contributed by atoms with Crippen LogP contribution in [0.2, 0.25) is 5.02 Å². The van der Waals surface area contributed by atoms with Crippen LogP contribution in [0.4, 0.5) is 0 Å². The fourth-order valence-corrected chi connectivity index (χ4v) is 6.22. The van der Waals surface area contributed by atoms with Crippen molar-refractivity contribution in [2.24, 2.45) is 11.8 Å². The number of aryl methyl sites for hydroxylation is 1. The van der Waals surface area contributed by atoms with Crippen LogP contribution in [0, 0.1) is 18.8 Å². The van der Waals surface area contributed by atoms with Crippen molar-refractivity contribution in [2.75, 3.05) is 6.54 Å². The minimum Gasteiger partial charge on any atom is -0.379 e. The number of halogens is 1. The second kappa shape index (κ2) is 11.5. The highest BCUT2D eigenvalue weighted by atomic mass is 35.5. The number of hydrogen-bond donors (Lipinski definition) is 0. The van der Waals surface area contributed by atoms with Crippen molar-refractivity contribution in [3.63, 3.8) is 0 Å². The number of hydrogen-bond acceptors (Lipinski definition) is 7. The number of allylic oxidation sites excluding steroid dienone is 2. The van der Waals surface area contributed by atoms with Gasteiger partial charge in [-0.15, -0.1) is 0 Å². The summed E-state index contributed by atoms with van der Waals surface area (Å²) in [4.78, 5) is 54.0. The van der Waals surface area contributed by atoms with E-state index < -0.39 is 52.0 Å². The first kappa shape index (κ1) is 29.2. The number of nitrogens with zero attached hydrogens (tertiary/aromatic N) is 2. The van der Waals surface area contributed by atoms with Crippen LogP contribution in [0.25, 0.3) is 0 Å². The third-order valence-electron chi connectivity index (χ3n) is 7.37. The van der Waals surface area contributed by atoms with Gasteiger partial charge in [-0.1, -0.05) is 53.1 Å². The van der Waals surface area contributed by atoms with Gasteiger partial charge < -0.3 is 4.18 Å². The second-order valence-corrected chi connectivity index (χ2v) is 12.3. The summed E-state index contributed by atoms with van der Waals surface area (Å²) in [6.45, 7) is 3.08. The van der Waals surface area contributed by atoms with Gasteiger partial charge in [-0.2, -0.15) is 13.4 Å². The minimum atomic E-state index is -4.10. The Kier molecular flexibility index (Phi) is 8.03. The molecule has 3 amide bonds. The van der Waals surface area contributed by atoms with E-state index in [1.54, 1.807) is 24.3 Å². The Bertz CT molecular complexity index is 1720. The SMILES string of the molecule is CC1=CC[C@H]2C(=O)N(N(CC(=O)c3ccc(OS(=O)(=O)c4ccc(C)cc4)cc3)C(=O)c3ccccc3Cl)C(=O)[C@H]2C1. The van der Waals surface area contributed by atoms with Crippen LogP contribution in [0.15, 0.2) is 89.3 Å². The highest BCUT2D eigenvalue weighted by Gasteiger charge is 2.51. The van der Waals surface area contributed by atoms with Crippen molar-refractivity contribution in [3.8, 4) is 5.75 Å². The highest BCUT2D eigenvalue weighted by Crippen LogP contribution is 2.39. The van der Waals surface area contributed by atoms with Gasteiger partial charge in [0.25, 0.3) is 17.7 Å². The molecule has 1 heterocycles. The van der Waals surface area contributed by atoms with Gasteiger partial charge in [-0.05, 0) is 75.2 Å². The van der Waals surface area contributed by atoms with E-state index in [4.69, 9.17) is 15.8 Å². The van der Waals surface area contributed by atoms with Crippen molar-refractivity contribution in [1.82, 2.24) is 10.0 Å². The number of fused-ring (bicyclic) bond motifs is 1. The minimum absolute atomic E-state index is 0.0204. The molecule has 3 aromatic rings. The first-order valence-electron chi connectivity index (χ1n) is 13.2. The molecule has 0 bridgehead atoms. The first-order valence-corrected chi connectivity index (χ1v) is 15.0. The predicted molar refractivity (Wildman–Crippen MR) is 154 cm³/mol. The molecule has 1 saturated heterocycles. The summed E-state index contributed by atoms with van der Waals surface area (Å²) in [7, 11) is -4.10. The zero-order valence-corrected chi connectivity index (χ0v) is 24.4. The van der Waals surface area contributed by atoms with E-state index in [0.717, 1.165) is 21.2 Å². The average Bonchev–Trinajstić information content (AvgIpc) is 3.20. The summed E-state index contributed by atoms with van der Waals surface area (Å²) < 4.78 is 30.5. The van der Waals surface area contributed by atoms with E-state index in [-0.39, 0.29) is 26.8 Å². The molecule has 9 nitrogen and oxygen atoms in total. The van der Waals surface area contributed by atoms with E-state index in [1.165, 1.54) is 48.5 Å². The molecule has 0 radical (unpaired) electrons. The number of ketones is 1. The smallest absolute Gasteiger partial charge is 0.339 e. The van der Waals surface area contributed by atoms with E-state index in [2.05, 4.69) is 0 Å². The maximum atomic E-state index is 13.7. The third kappa shape index (κ3) is 5.73. The van der Waals surface area contributed by atoms with Crippen LogP contribution in [0.5, 0.6) is 5.75 Å². The fraction of sp³-hybridized carbons (Fsp3) is 0.226. The lowest BCUT2D eigenvalue weighted by atomic mass is 9.82. The van der Waals surface area contributed by atoms with Gasteiger partial charge in [0.2, 0.25) is 0 Å². The van der Waals surface area contributed by atoms with E-state index in [9.17, 15) is 27.6 Å². The maximum absolute atomic E-state index is 13.7. The van der Waals surface area contributed by atoms with Gasteiger partial charge in [0.1, 0.15) is 17.2 Å². The van der Waals surface area contributed by atoms with Gasteiger partial charge >= 0.3 is 10.1 Å². The van der Waals surface area contributed by atoms with Crippen LogP contribution in [-0.2, 0) is 19.7 Å². The summed E-state index contributed by atoms with van der Waals surface area (Å²) in [5.41, 5.74) is 2.01. The van der Waals surface area contributed by atoms with Gasteiger partial charge in [0.15, 0.2) is 5.78 Å². The summed E-state index contributed by atoms with van der Waals surface area (Å²) in [6.07, 6.45) is 2.66. The summed E-state index contributed by atoms with van der Waals surface area (Å²) in [5, 5.41) is 1.75. The molecule has 1 aliphatic heterocycles. The van der Waals surface area contributed by atoms with Crippen LogP contribution in [-0.4, -0.2) is 48.5 Å². The molecule has 0 aromatic heterocycles. The van der Waals surface area contributed by atoms with Gasteiger partial charge in [0, 0.05) is 5.56 Å². The van der Waals surface area contributed by atoms with E-state index >= 15 is 0 Å². The molecular weight excluding hydrogens is 580 g/mol. The first-order chi connectivity index (χ1) is 20.0. The van der Waals surface area contributed by atoms with Gasteiger partial charge in [0.05, 0.1) is 22.4 Å². The Labute approximate surface area is 248 Å². The van der Waals surface area contributed by atoms with Crippen molar-refractivity contribution < 1.29 is 31.8 Å². The lowest BCUT2D eigenvalue weighted by molar-refractivity contribution is -0.154. The summed E-state index contributed by atoms with van der Waals surface area (Å²) >= 11 is 6.27. The number of amides is 3. The molecule has 216 valence electrons. The number of imide groups is 1. The Morgan fingerprint density at radius 2 is 1.57 bits per heavy atom. The van der Waals surface area contributed by atoms with Crippen LogP contribution >= 0.6 is 11.6 Å². The lowest BCUT2D eigenvalue weighted by Crippen LogP contribution is -2.52. The monoisotopic (exact) mass is 606 g/mol. The molecule has 5 rings (SSSR count). The number of benzene rings is 3. The van der Waals surface area contributed by atoms with Crippen LogP contribution in [0.3, 0.4) is 0 Å². The third-order valence-corrected chi connectivity index (χ3v) is 8.96. The Morgan fingerprint density at radius 1 is 0.929 bits per heavy atom. The quantitative estimate of drug-likeness (QED) is 0.153. The van der Waals surface area contributed by atoms with Crippen molar-refractivity contribution >= 4 is 45.2 Å². The summed E-state index contributed by atoms with van der Waals surface area (Å²) in [6, 6.07) is 17.7. The second-order valence-electron chi connectivity index (χ2n) is 10.3. The normalized spacial score (nSPS) is 18.4. The maximum Gasteiger partial charge on any atom is 0.339 e. The fourth-order valence-electron chi connectivity index (χ4n) is 5.07. The summed E-state index contributed by atoms with van der Waals surface area (Å²) in [5.74, 6) is -3.72. The van der Waals surface area contributed by atoms with Gasteiger partial charge in [-0.3, -0.25) is 19.2 Å². The van der Waals surface area contributed by atoms with Crippen molar-refractivity contribution in [3.05, 3.63) is 106 Å². The average molecular weight is 607 g/mol. The Hall–Kier alpha value is -4.28.